The van der Waals surface area contributed by atoms with Gasteiger partial charge in [-0.1, -0.05) is 41.2 Å². The highest BCUT2D eigenvalue weighted by Crippen LogP contribution is 2.48. The van der Waals surface area contributed by atoms with Crippen molar-refractivity contribution in [2.75, 3.05) is 27.0 Å². The van der Waals surface area contributed by atoms with E-state index in [0.717, 1.165) is 35.2 Å². The molecule has 1 saturated carbocycles. The van der Waals surface area contributed by atoms with Crippen LogP contribution in [0, 0.1) is 5.41 Å². The summed E-state index contributed by atoms with van der Waals surface area (Å²) in [5.74, 6) is 0.247. The van der Waals surface area contributed by atoms with Gasteiger partial charge in [0.1, 0.15) is 5.75 Å². The fourth-order valence-electron chi connectivity index (χ4n) is 4.74. The first-order valence-corrected chi connectivity index (χ1v) is 13.5. The quantitative estimate of drug-likeness (QED) is 0.396. The van der Waals surface area contributed by atoms with Gasteiger partial charge in [-0.2, -0.15) is 0 Å². The molecule has 4 rings (SSSR count). The molecule has 1 aliphatic carbocycles. The smallest absolute Gasteiger partial charge is 0.256 e. The van der Waals surface area contributed by atoms with E-state index in [1.807, 2.05) is 32.4 Å². The van der Waals surface area contributed by atoms with Gasteiger partial charge in [-0.05, 0) is 73.9 Å². The number of likely N-dealkylation sites (tertiary alicyclic amines) is 1. The molecule has 1 unspecified atom stereocenters. The van der Waals surface area contributed by atoms with Gasteiger partial charge in [0.15, 0.2) is 0 Å². The van der Waals surface area contributed by atoms with Crippen molar-refractivity contribution in [1.29, 1.82) is 5.41 Å². The second-order valence-electron chi connectivity index (χ2n) is 8.88. The van der Waals surface area contributed by atoms with Crippen molar-refractivity contribution < 1.29 is 9.53 Å². The second kappa shape index (κ2) is 10.4. The Bertz CT molecular complexity index is 1200. The number of hydrogen-bond acceptors (Lipinski definition) is 6. The molecule has 1 saturated heterocycles. The lowest BCUT2D eigenvalue weighted by molar-refractivity contribution is 0.0728. The van der Waals surface area contributed by atoms with E-state index in [2.05, 4.69) is 16.1 Å². The molecule has 3 N–H and O–H groups in total. The largest absolute Gasteiger partial charge is 0.495 e. The summed E-state index contributed by atoms with van der Waals surface area (Å²) in [5.41, 5.74) is 4.60. The minimum absolute atomic E-state index is 0.0465. The summed E-state index contributed by atoms with van der Waals surface area (Å²) in [4.78, 5) is 15.1. The molecule has 2 aliphatic rings. The van der Waals surface area contributed by atoms with Crippen LogP contribution in [-0.2, 0) is 5.54 Å². The van der Waals surface area contributed by atoms with Crippen LogP contribution in [-0.4, -0.2) is 49.5 Å². The van der Waals surface area contributed by atoms with E-state index in [4.69, 9.17) is 33.3 Å². The van der Waals surface area contributed by atoms with Gasteiger partial charge in [0.2, 0.25) is 0 Å². The summed E-state index contributed by atoms with van der Waals surface area (Å²) in [6, 6.07) is 10.9. The molecule has 0 aromatic heterocycles. The number of halogens is 2. The number of hydrogen-bond donors (Lipinski definition) is 3. The SMILES string of the molecule is CN/C(=C1/CCN(C(=O)c2cccc(OC)c2Cl)C(C)C1=N)c1cc(Cl)cc(C2(NSC)CC2)c1. The summed E-state index contributed by atoms with van der Waals surface area (Å²) in [5, 5.41) is 13.2. The number of carbonyl (C=O) groups is 1. The zero-order valence-corrected chi connectivity index (χ0v) is 22.6. The van der Waals surface area contributed by atoms with Crippen LogP contribution in [0.15, 0.2) is 42.0 Å². The third kappa shape index (κ3) is 4.92. The Labute approximate surface area is 221 Å². The van der Waals surface area contributed by atoms with Crippen molar-refractivity contribution in [3.63, 3.8) is 0 Å². The van der Waals surface area contributed by atoms with Gasteiger partial charge in [-0.3, -0.25) is 9.52 Å². The van der Waals surface area contributed by atoms with E-state index < -0.39 is 6.04 Å². The van der Waals surface area contributed by atoms with E-state index in [1.54, 1.807) is 35.0 Å². The Balaban J connectivity index is 1.65. The summed E-state index contributed by atoms with van der Waals surface area (Å²) in [6.07, 6.45) is 4.71. The van der Waals surface area contributed by atoms with Crippen molar-refractivity contribution in [1.82, 2.24) is 14.9 Å². The van der Waals surface area contributed by atoms with Crippen LogP contribution in [0.25, 0.3) is 5.70 Å². The van der Waals surface area contributed by atoms with Gasteiger partial charge in [0.05, 0.1) is 35.0 Å². The predicted molar refractivity (Wildman–Crippen MR) is 146 cm³/mol. The van der Waals surface area contributed by atoms with Crippen molar-refractivity contribution in [3.05, 3.63) is 68.7 Å². The number of piperidine rings is 1. The molecule has 1 atom stereocenters. The Kier molecular flexibility index (Phi) is 7.71. The van der Waals surface area contributed by atoms with Crippen LogP contribution in [0.2, 0.25) is 10.0 Å². The number of benzene rings is 2. The van der Waals surface area contributed by atoms with Gasteiger partial charge >= 0.3 is 0 Å². The maximum absolute atomic E-state index is 13.4. The lowest BCUT2D eigenvalue weighted by Crippen LogP contribution is -2.48. The first kappa shape index (κ1) is 25.9. The third-order valence-corrected chi connectivity index (χ3v) is 8.03. The van der Waals surface area contributed by atoms with Crippen LogP contribution in [0.1, 0.15) is 47.7 Å². The van der Waals surface area contributed by atoms with Gasteiger partial charge in [-0.25, -0.2) is 0 Å². The van der Waals surface area contributed by atoms with E-state index in [9.17, 15) is 4.79 Å². The zero-order chi connectivity index (χ0) is 25.3. The topological polar surface area (TPSA) is 77.5 Å². The van der Waals surface area contributed by atoms with Crippen LogP contribution < -0.4 is 14.8 Å². The van der Waals surface area contributed by atoms with Crippen molar-refractivity contribution in [3.8, 4) is 5.75 Å². The molecular formula is C26H30Cl2N4O2S. The van der Waals surface area contributed by atoms with Gasteiger partial charge < -0.3 is 20.4 Å². The molecule has 0 spiro atoms. The van der Waals surface area contributed by atoms with E-state index >= 15 is 0 Å². The fourth-order valence-corrected chi connectivity index (χ4v) is 5.98. The van der Waals surface area contributed by atoms with Crippen molar-refractivity contribution in [2.24, 2.45) is 0 Å². The molecule has 2 fully saturated rings. The molecule has 6 nitrogen and oxygen atoms in total. The normalized spacial score (nSPS) is 20.5. The second-order valence-corrected chi connectivity index (χ2v) is 10.3. The summed E-state index contributed by atoms with van der Waals surface area (Å²) >= 11 is 14.6. The zero-order valence-electron chi connectivity index (χ0n) is 20.3. The molecule has 1 heterocycles. The average molecular weight is 534 g/mol. The number of amides is 1. The standard InChI is InChI=1S/C26H30Cl2N4O2S/c1-15-23(29)20(8-11-32(15)25(33)19-6-5-7-21(34-3)22(19)28)24(30-2)16-12-17(14-18(27)13-16)26(9-10-26)31-35-4/h5-7,12-15,29-31H,8-11H2,1-4H3/b24-20-,29-23?. The Morgan fingerprint density at radius 3 is 2.63 bits per heavy atom. The Morgan fingerprint density at radius 2 is 2.00 bits per heavy atom. The van der Waals surface area contributed by atoms with Crippen molar-refractivity contribution >= 4 is 52.5 Å². The van der Waals surface area contributed by atoms with Crippen LogP contribution in [0.4, 0.5) is 0 Å². The van der Waals surface area contributed by atoms with E-state index in [0.29, 0.717) is 35.0 Å². The summed E-state index contributed by atoms with van der Waals surface area (Å²) < 4.78 is 8.79. The van der Waals surface area contributed by atoms with Crippen LogP contribution in [0.3, 0.4) is 0 Å². The molecule has 0 radical (unpaired) electrons. The molecule has 35 heavy (non-hydrogen) atoms. The van der Waals surface area contributed by atoms with Crippen LogP contribution in [0.5, 0.6) is 5.75 Å². The highest BCUT2D eigenvalue weighted by atomic mass is 35.5. The number of nitrogens with one attached hydrogen (secondary N) is 3. The Hall–Kier alpha value is -2.19. The minimum atomic E-state index is -0.413. The van der Waals surface area contributed by atoms with Gasteiger partial charge in [-0.15, -0.1) is 0 Å². The predicted octanol–water partition coefficient (Wildman–Crippen LogP) is 5.74. The first-order chi connectivity index (χ1) is 16.8. The number of nitrogens with zero attached hydrogens (tertiary/aromatic N) is 1. The van der Waals surface area contributed by atoms with Gasteiger partial charge in [0, 0.05) is 29.9 Å². The number of rotatable bonds is 7. The molecule has 1 aliphatic heterocycles. The van der Waals surface area contributed by atoms with E-state index in [1.165, 1.54) is 7.11 Å². The summed E-state index contributed by atoms with van der Waals surface area (Å²) in [6.45, 7) is 2.35. The molecule has 2 aromatic rings. The van der Waals surface area contributed by atoms with Gasteiger partial charge in [0.25, 0.3) is 5.91 Å². The highest BCUT2D eigenvalue weighted by Gasteiger charge is 2.44. The third-order valence-electron chi connectivity index (χ3n) is 6.83. The lowest BCUT2D eigenvalue weighted by atomic mass is 9.89. The molecule has 9 heteroatoms. The van der Waals surface area contributed by atoms with Crippen LogP contribution >= 0.6 is 35.1 Å². The molecule has 2 aromatic carbocycles. The Morgan fingerprint density at radius 1 is 1.26 bits per heavy atom. The first-order valence-electron chi connectivity index (χ1n) is 11.5. The molecule has 0 bridgehead atoms. The van der Waals surface area contributed by atoms with E-state index in [-0.39, 0.29) is 16.5 Å². The molecule has 186 valence electrons. The molecule has 1 amide bonds. The van der Waals surface area contributed by atoms with Crippen molar-refractivity contribution in [2.45, 2.75) is 37.8 Å². The monoisotopic (exact) mass is 532 g/mol. The highest BCUT2D eigenvalue weighted by molar-refractivity contribution is 7.96. The maximum atomic E-state index is 13.4. The number of methoxy groups -OCH3 is 1. The number of ether oxygens (including phenoxy) is 1. The maximum Gasteiger partial charge on any atom is 0.256 e. The average Bonchev–Trinajstić information content (AvgIpc) is 3.63. The fraction of sp³-hybridized carbons (Fsp3) is 0.385. The minimum Gasteiger partial charge on any atom is -0.495 e. The lowest BCUT2D eigenvalue weighted by Gasteiger charge is -2.36. The number of carbonyl (C=O) groups excluding carboxylic acids is 1. The summed E-state index contributed by atoms with van der Waals surface area (Å²) in [7, 11) is 3.38. The molecular weight excluding hydrogens is 503 g/mol.